The van der Waals surface area contributed by atoms with Gasteiger partial charge in [0.2, 0.25) is 0 Å². The summed E-state index contributed by atoms with van der Waals surface area (Å²) in [7, 11) is 0. The molecule has 0 aliphatic heterocycles. The van der Waals surface area contributed by atoms with Crippen LogP contribution in [-0.4, -0.2) is 17.9 Å². The first-order valence-electron chi connectivity index (χ1n) is 12.8. The van der Waals surface area contributed by atoms with E-state index in [-0.39, 0.29) is 0 Å². The summed E-state index contributed by atoms with van der Waals surface area (Å²) in [4.78, 5) is 0. The van der Waals surface area contributed by atoms with E-state index in [1.54, 1.807) is 18.3 Å². The minimum absolute atomic E-state index is 0.552. The fourth-order valence-corrected chi connectivity index (χ4v) is 3.88. The van der Waals surface area contributed by atoms with Crippen molar-refractivity contribution < 1.29 is 0 Å². The van der Waals surface area contributed by atoms with Gasteiger partial charge in [0, 0.05) is 6.54 Å². The first-order chi connectivity index (χ1) is 15.8. The number of rotatable bonds is 19. The van der Waals surface area contributed by atoms with Gasteiger partial charge in [-0.1, -0.05) is 115 Å². The Hall–Kier alpha value is -1.93. The fourth-order valence-electron chi connectivity index (χ4n) is 3.72. The Bertz CT molecular complexity index is 649. The van der Waals surface area contributed by atoms with Gasteiger partial charge in [-0.05, 0) is 36.3 Å². The van der Waals surface area contributed by atoms with Gasteiger partial charge in [-0.2, -0.15) is 10.4 Å². The maximum Gasteiger partial charge on any atom is 0.186 e. The number of nitrogens with zero attached hydrogens (tertiary/aromatic N) is 2. The van der Waals surface area contributed by atoms with Crippen molar-refractivity contribution in [3.63, 3.8) is 0 Å². The van der Waals surface area contributed by atoms with Crippen LogP contribution in [0.3, 0.4) is 0 Å². The minimum atomic E-state index is 0.552. The minimum Gasteiger partial charge on any atom is -0.361 e. The van der Waals surface area contributed by atoms with Crippen LogP contribution >= 0.6 is 12.2 Å². The molecule has 0 amide bonds. The lowest BCUT2D eigenvalue weighted by Crippen LogP contribution is -2.32. The Kier molecular flexibility index (Phi) is 18.4. The van der Waals surface area contributed by atoms with E-state index in [9.17, 15) is 0 Å². The van der Waals surface area contributed by atoms with Crippen LogP contribution in [0.1, 0.15) is 121 Å². The summed E-state index contributed by atoms with van der Waals surface area (Å²) in [5.74, 6) is 0. The predicted octanol–water partition coefficient (Wildman–Crippen LogP) is 7.62. The third kappa shape index (κ3) is 16.7. The highest BCUT2D eigenvalue weighted by Gasteiger charge is 1.96. The summed E-state index contributed by atoms with van der Waals surface area (Å²) in [5.41, 5.74) is 4.41. The third-order valence-corrected chi connectivity index (χ3v) is 5.97. The number of nitriles is 1. The van der Waals surface area contributed by atoms with E-state index in [0.29, 0.717) is 10.7 Å². The van der Waals surface area contributed by atoms with Gasteiger partial charge >= 0.3 is 0 Å². The lowest BCUT2D eigenvalue weighted by molar-refractivity contribution is 0.529. The first kappa shape index (κ1) is 28.1. The molecule has 0 unspecified atom stereocenters. The second-order valence-corrected chi connectivity index (χ2v) is 9.07. The summed E-state index contributed by atoms with van der Waals surface area (Å²) in [6.45, 7) is 3.17. The van der Waals surface area contributed by atoms with Crippen LogP contribution in [0.25, 0.3) is 0 Å². The Morgan fingerprint density at radius 1 is 0.812 bits per heavy atom. The molecular weight excluding hydrogens is 412 g/mol. The molecule has 0 aromatic heterocycles. The summed E-state index contributed by atoms with van der Waals surface area (Å²) in [6.07, 6.45) is 23.8. The van der Waals surface area contributed by atoms with Crippen LogP contribution in [0.15, 0.2) is 29.4 Å². The van der Waals surface area contributed by atoms with Crippen molar-refractivity contribution in [2.45, 2.75) is 110 Å². The van der Waals surface area contributed by atoms with Crippen LogP contribution in [0.5, 0.6) is 0 Å². The number of benzene rings is 1. The van der Waals surface area contributed by atoms with Crippen molar-refractivity contribution in [2.75, 3.05) is 6.54 Å². The zero-order chi connectivity index (χ0) is 23.1. The maximum absolute atomic E-state index is 8.80. The van der Waals surface area contributed by atoms with Gasteiger partial charge in [0.25, 0.3) is 0 Å². The molecule has 0 saturated carbocycles. The molecule has 5 heteroatoms. The number of hydrazone groups is 1. The lowest BCUT2D eigenvalue weighted by atomic mass is 10.0. The zero-order valence-electron chi connectivity index (χ0n) is 20.2. The van der Waals surface area contributed by atoms with Crippen LogP contribution in [0.2, 0.25) is 0 Å². The average molecular weight is 457 g/mol. The van der Waals surface area contributed by atoms with Gasteiger partial charge in [0.15, 0.2) is 5.11 Å². The molecule has 2 N–H and O–H groups in total. The third-order valence-electron chi connectivity index (χ3n) is 5.74. The van der Waals surface area contributed by atoms with Gasteiger partial charge in [-0.3, -0.25) is 5.43 Å². The van der Waals surface area contributed by atoms with Crippen LogP contribution in [0, 0.1) is 11.3 Å². The highest BCUT2D eigenvalue weighted by Crippen LogP contribution is 2.13. The summed E-state index contributed by atoms with van der Waals surface area (Å²) >= 11 is 5.24. The summed E-state index contributed by atoms with van der Waals surface area (Å²) < 4.78 is 0. The Balaban J connectivity index is 1.83. The van der Waals surface area contributed by atoms with Crippen molar-refractivity contribution in [1.29, 1.82) is 5.26 Å². The molecule has 0 heterocycles. The molecule has 0 atom stereocenters. The van der Waals surface area contributed by atoms with E-state index >= 15 is 0 Å². The van der Waals surface area contributed by atoms with E-state index in [1.165, 1.54) is 96.3 Å². The van der Waals surface area contributed by atoms with Gasteiger partial charge in [-0.25, -0.2) is 0 Å². The molecule has 1 aromatic carbocycles. The summed E-state index contributed by atoms with van der Waals surface area (Å²) in [6, 6.07) is 9.36. The molecule has 178 valence electrons. The highest BCUT2D eigenvalue weighted by molar-refractivity contribution is 7.80. The van der Waals surface area contributed by atoms with E-state index in [0.717, 1.165) is 18.5 Å². The first-order valence-corrected chi connectivity index (χ1v) is 13.2. The normalized spacial score (nSPS) is 10.9. The number of hydrogen-bond acceptors (Lipinski definition) is 3. The molecule has 4 nitrogen and oxygen atoms in total. The van der Waals surface area contributed by atoms with E-state index in [1.807, 2.05) is 12.1 Å². The van der Waals surface area contributed by atoms with E-state index in [4.69, 9.17) is 17.5 Å². The van der Waals surface area contributed by atoms with Crippen LogP contribution in [-0.2, 0) is 0 Å². The monoisotopic (exact) mass is 456 g/mol. The fraction of sp³-hybridized carbons (Fsp3) is 0.667. The van der Waals surface area contributed by atoms with Crippen molar-refractivity contribution in [3.8, 4) is 6.07 Å². The van der Waals surface area contributed by atoms with Gasteiger partial charge < -0.3 is 5.32 Å². The van der Waals surface area contributed by atoms with E-state index < -0.39 is 0 Å². The lowest BCUT2D eigenvalue weighted by Gasteiger charge is -2.07. The van der Waals surface area contributed by atoms with Crippen molar-refractivity contribution in [3.05, 3.63) is 35.4 Å². The smallest absolute Gasteiger partial charge is 0.186 e. The summed E-state index contributed by atoms with van der Waals surface area (Å²) in [5, 5.41) is 16.7. The molecule has 0 aliphatic carbocycles. The molecule has 0 aliphatic rings. The van der Waals surface area contributed by atoms with Crippen molar-refractivity contribution in [1.82, 2.24) is 10.7 Å². The Morgan fingerprint density at radius 3 is 1.75 bits per heavy atom. The number of nitrogens with one attached hydrogen (secondary N) is 2. The number of thiocarbonyl (C=S) groups is 1. The second kappa shape index (κ2) is 20.9. The number of unbranched alkanes of at least 4 members (excludes halogenated alkanes) is 15. The molecule has 1 aromatic rings. The molecule has 0 bridgehead atoms. The second-order valence-electron chi connectivity index (χ2n) is 8.66. The van der Waals surface area contributed by atoms with Crippen molar-refractivity contribution >= 4 is 23.5 Å². The molecule has 0 fully saturated rings. The molecule has 0 radical (unpaired) electrons. The Morgan fingerprint density at radius 2 is 1.28 bits per heavy atom. The van der Waals surface area contributed by atoms with E-state index in [2.05, 4.69) is 28.8 Å². The largest absolute Gasteiger partial charge is 0.361 e. The topological polar surface area (TPSA) is 60.2 Å². The number of hydrogen-bond donors (Lipinski definition) is 2. The van der Waals surface area contributed by atoms with Gasteiger partial charge in [-0.15, -0.1) is 0 Å². The quantitative estimate of drug-likeness (QED) is 0.0972. The molecule has 1 rings (SSSR count). The molecular formula is C27H44N4S. The average Bonchev–Trinajstić information content (AvgIpc) is 2.81. The molecule has 32 heavy (non-hydrogen) atoms. The molecule has 0 saturated heterocycles. The zero-order valence-corrected chi connectivity index (χ0v) is 21.0. The predicted molar refractivity (Wildman–Crippen MR) is 142 cm³/mol. The molecule has 0 spiro atoms. The highest BCUT2D eigenvalue weighted by atomic mass is 32.1. The van der Waals surface area contributed by atoms with Crippen molar-refractivity contribution in [2.24, 2.45) is 5.10 Å². The SMILES string of the molecule is CCCCCCCCCCCCCCCCCCNC(=S)NN=Cc1ccc(C#N)cc1. The standard InChI is InChI=1S/C27H44N4S/c1-2-3-4-5-6-7-8-9-10-11-12-13-14-15-16-17-22-29-27(32)31-30-24-26-20-18-25(23-28)19-21-26/h18-21,24H,2-17,22H2,1H3,(H2,29,31,32). The van der Waals surface area contributed by atoms with Gasteiger partial charge in [0.05, 0.1) is 17.8 Å². The van der Waals surface area contributed by atoms with Gasteiger partial charge in [0.1, 0.15) is 0 Å². The van der Waals surface area contributed by atoms with Crippen LogP contribution in [0.4, 0.5) is 0 Å². The maximum atomic E-state index is 8.80. The Labute approximate surface area is 202 Å². The van der Waals surface area contributed by atoms with Crippen LogP contribution < -0.4 is 10.7 Å².